The fraction of sp³-hybridized carbons (Fsp3) is 0. The van der Waals surface area contributed by atoms with Gasteiger partial charge in [0.15, 0.2) is 5.82 Å². The molecule has 0 saturated carbocycles. The van der Waals surface area contributed by atoms with Crippen molar-refractivity contribution in [2.45, 2.75) is 0 Å². The molecule has 13 aromatic rings. The van der Waals surface area contributed by atoms with E-state index in [1.807, 2.05) is 0 Å². The molecule has 366 valence electrons. The number of rotatable bonds is 12. The topological polar surface area (TPSA) is 38.7 Å². The van der Waals surface area contributed by atoms with Gasteiger partial charge in [-0.2, -0.15) is 0 Å². The molecule has 2 aromatic heterocycles. The predicted octanol–water partition coefficient (Wildman–Crippen LogP) is 19.9. The van der Waals surface area contributed by atoms with E-state index < -0.39 is 0 Å². The Morgan fingerprint density at radius 3 is 0.795 bits per heavy atom. The second kappa shape index (κ2) is 21.5. The Hall–Kier alpha value is -10.4. The molecule has 2 heterocycles. The van der Waals surface area contributed by atoms with Gasteiger partial charge < -0.3 is 0 Å². The summed E-state index contributed by atoms with van der Waals surface area (Å²) in [5, 5.41) is 0. The molecule has 0 aliphatic heterocycles. The molecule has 0 atom stereocenters. The maximum absolute atomic E-state index is 5.72. The highest BCUT2D eigenvalue weighted by Crippen LogP contribution is 2.49. The number of hydrogen-bond acceptors (Lipinski definition) is 3. The van der Waals surface area contributed by atoms with E-state index in [0.717, 1.165) is 128 Å². The van der Waals surface area contributed by atoms with Gasteiger partial charge in [0, 0.05) is 44.5 Å². The molecule has 0 radical (unpaired) electrons. The lowest BCUT2D eigenvalue weighted by atomic mass is 9.83. The number of hydrogen-bond donors (Lipinski definition) is 0. The highest BCUT2D eigenvalue weighted by atomic mass is 14.9. The fourth-order valence-corrected chi connectivity index (χ4v) is 10.7. The Balaban J connectivity index is 1.10. The zero-order valence-electron chi connectivity index (χ0n) is 42.8. The first-order chi connectivity index (χ1) is 38.7. The molecule has 0 aliphatic rings. The highest BCUT2D eigenvalue weighted by molar-refractivity contribution is 6.05. The normalized spacial score (nSPS) is 11.1. The van der Waals surface area contributed by atoms with Gasteiger partial charge in [0.2, 0.25) is 0 Å². The van der Waals surface area contributed by atoms with Crippen molar-refractivity contribution >= 4 is 0 Å². The van der Waals surface area contributed by atoms with Gasteiger partial charge in [0.1, 0.15) is 0 Å². The minimum atomic E-state index is 0.630. The summed E-state index contributed by atoms with van der Waals surface area (Å²) < 4.78 is 0. The van der Waals surface area contributed by atoms with E-state index in [9.17, 15) is 0 Å². The van der Waals surface area contributed by atoms with Gasteiger partial charge in [-0.3, -0.25) is 0 Å². The fourth-order valence-electron chi connectivity index (χ4n) is 10.7. The molecule has 0 amide bonds. The predicted molar refractivity (Wildman–Crippen MR) is 325 cm³/mol. The highest BCUT2D eigenvalue weighted by Gasteiger charge is 2.26. The molecule has 3 nitrogen and oxygen atoms in total. The van der Waals surface area contributed by atoms with Crippen molar-refractivity contribution in [3.8, 4) is 134 Å². The van der Waals surface area contributed by atoms with Gasteiger partial charge >= 0.3 is 0 Å². The SMILES string of the molecule is c1ccc(-c2cc(-c3ccccc3)cc(-c3cc(-c4cccc(-c5c(-c6ccccc6)c(-c6ccccc6)nc(-c6ccccc6)c5-c5ccccc5)c4)nc(-c4cc(-c5ccccc5)cc(-c5ccccc5)c4)n3)c2)cc1. The van der Waals surface area contributed by atoms with Crippen LogP contribution in [-0.4, -0.2) is 15.0 Å². The quantitative estimate of drug-likeness (QED) is 0.122. The number of aromatic nitrogens is 3. The third kappa shape index (κ3) is 9.76. The van der Waals surface area contributed by atoms with Crippen molar-refractivity contribution in [1.82, 2.24) is 15.0 Å². The first kappa shape index (κ1) is 47.4. The Morgan fingerprint density at radius 1 is 0.154 bits per heavy atom. The van der Waals surface area contributed by atoms with Gasteiger partial charge in [0.05, 0.1) is 22.8 Å². The van der Waals surface area contributed by atoms with E-state index in [1.165, 1.54) is 0 Å². The average molecular weight is 994 g/mol. The molecule has 0 saturated heterocycles. The second-order valence-electron chi connectivity index (χ2n) is 19.5. The smallest absolute Gasteiger partial charge is 0.160 e. The molecule has 78 heavy (non-hydrogen) atoms. The molecule has 0 spiro atoms. The summed E-state index contributed by atoms with van der Waals surface area (Å²) in [6.07, 6.45) is 0. The molecular formula is C75H51N3. The molecule has 0 bridgehead atoms. The number of benzene rings is 11. The van der Waals surface area contributed by atoms with Crippen LogP contribution in [0, 0.1) is 0 Å². The van der Waals surface area contributed by atoms with Crippen molar-refractivity contribution in [1.29, 1.82) is 0 Å². The van der Waals surface area contributed by atoms with E-state index in [4.69, 9.17) is 15.0 Å². The lowest BCUT2D eigenvalue weighted by molar-refractivity contribution is 1.18. The van der Waals surface area contributed by atoms with Crippen LogP contribution in [-0.2, 0) is 0 Å². The van der Waals surface area contributed by atoms with Crippen LogP contribution < -0.4 is 0 Å². The maximum Gasteiger partial charge on any atom is 0.160 e. The van der Waals surface area contributed by atoms with Crippen molar-refractivity contribution in [3.05, 3.63) is 309 Å². The number of pyridine rings is 1. The molecule has 0 N–H and O–H groups in total. The summed E-state index contributed by atoms with van der Waals surface area (Å²) in [5.41, 5.74) is 23.7. The summed E-state index contributed by atoms with van der Waals surface area (Å²) >= 11 is 0. The Bertz CT molecular complexity index is 3830. The molecule has 0 aliphatic carbocycles. The van der Waals surface area contributed by atoms with E-state index >= 15 is 0 Å². The summed E-state index contributed by atoms with van der Waals surface area (Å²) in [5.74, 6) is 0.630. The van der Waals surface area contributed by atoms with E-state index in [-0.39, 0.29) is 0 Å². The minimum absolute atomic E-state index is 0.630. The van der Waals surface area contributed by atoms with Crippen molar-refractivity contribution in [2.24, 2.45) is 0 Å². The monoisotopic (exact) mass is 993 g/mol. The molecule has 0 unspecified atom stereocenters. The van der Waals surface area contributed by atoms with Gasteiger partial charge in [-0.25, -0.2) is 15.0 Å². The molecule has 0 fully saturated rings. The van der Waals surface area contributed by atoms with Crippen LogP contribution in [0.15, 0.2) is 309 Å². The zero-order valence-corrected chi connectivity index (χ0v) is 42.8. The largest absolute Gasteiger partial charge is 0.246 e. The third-order valence-electron chi connectivity index (χ3n) is 14.4. The van der Waals surface area contributed by atoms with Crippen molar-refractivity contribution in [2.75, 3.05) is 0 Å². The van der Waals surface area contributed by atoms with Gasteiger partial charge in [-0.1, -0.05) is 261 Å². The summed E-state index contributed by atoms with van der Waals surface area (Å²) in [4.78, 5) is 16.9. The molecular weight excluding hydrogens is 943 g/mol. The number of nitrogens with zero attached hydrogens (tertiary/aromatic N) is 3. The first-order valence-corrected chi connectivity index (χ1v) is 26.5. The van der Waals surface area contributed by atoms with E-state index in [2.05, 4.69) is 309 Å². The van der Waals surface area contributed by atoms with Gasteiger partial charge in [-0.15, -0.1) is 0 Å². The Kier molecular flexibility index (Phi) is 13.0. The van der Waals surface area contributed by atoms with Crippen molar-refractivity contribution < 1.29 is 0 Å². The van der Waals surface area contributed by atoms with Crippen LogP contribution in [0.4, 0.5) is 0 Å². The van der Waals surface area contributed by atoms with Crippen LogP contribution >= 0.6 is 0 Å². The maximum atomic E-state index is 5.72. The lowest BCUT2D eigenvalue weighted by Crippen LogP contribution is -2.02. The Labute approximate surface area is 456 Å². The minimum Gasteiger partial charge on any atom is -0.246 e. The van der Waals surface area contributed by atoms with Crippen molar-refractivity contribution in [3.63, 3.8) is 0 Å². The molecule has 3 heteroatoms. The summed E-state index contributed by atoms with van der Waals surface area (Å²) in [6.45, 7) is 0. The van der Waals surface area contributed by atoms with Crippen LogP contribution in [0.2, 0.25) is 0 Å². The van der Waals surface area contributed by atoms with Crippen LogP contribution in [0.25, 0.3) is 134 Å². The summed E-state index contributed by atoms with van der Waals surface area (Å²) in [6, 6.07) is 110. The average Bonchev–Trinajstić information content (AvgIpc) is 3.73. The lowest BCUT2D eigenvalue weighted by Gasteiger charge is -2.23. The standard InChI is InChI=1S/C75H51N3/c1-9-26-52(27-10-1)62-45-63(53-28-11-2-12-29-53)48-66(47-62)69-51-68(76-75(77-69)67-49-64(54-30-13-3-14-31-54)46-65(50-67)55-32-15-4-16-33-55)60-42-25-43-61(44-60)70-71(56-34-17-5-18-35-56)73(58-38-21-7-22-39-58)78-74(59-40-23-8-24-41-59)72(70)57-36-19-6-20-37-57/h1-51H. The van der Waals surface area contributed by atoms with Gasteiger partial charge in [0.25, 0.3) is 0 Å². The molecule has 11 aromatic carbocycles. The van der Waals surface area contributed by atoms with Crippen LogP contribution in [0.3, 0.4) is 0 Å². The van der Waals surface area contributed by atoms with Crippen LogP contribution in [0.5, 0.6) is 0 Å². The third-order valence-corrected chi connectivity index (χ3v) is 14.4. The van der Waals surface area contributed by atoms with Gasteiger partial charge in [-0.05, 0) is 110 Å². The van der Waals surface area contributed by atoms with E-state index in [0.29, 0.717) is 5.82 Å². The van der Waals surface area contributed by atoms with Crippen LogP contribution in [0.1, 0.15) is 0 Å². The van der Waals surface area contributed by atoms with E-state index in [1.54, 1.807) is 0 Å². The Morgan fingerprint density at radius 2 is 0.423 bits per heavy atom. The zero-order chi connectivity index (χ0) is 52.0. The second-order valence-corrected chi connectivity index (χ2v) is 19.5. The molecule has 13 rings (SSSR count). The first-order valence-electron chi connectivity index (χ1n) is 26.5. The summed E-state index contributed by atoms with van der Waals surface area (Å²) in [7, 11) is 0.